The maximum Gasteiger partial charge on any atom is 0.151 e. The Morgan fingerprint density at radius 1 is 1.25 bits per heavy atom. The van der Waals surface area contributed by atoms with Crippen molar-refractivity contribution in [3.05, 3.63) is 0 Å². The van der Waals surface area contributed by atoms with Gasteiger partial charge in [0.2, 0.25) is 0 Å². The number of ether oxygens (including phenoxy) is 1. The molecule has 98 valence electrons. The fourth-order valence-electron chi connectivity index (χ4n) is 1.30. The van der Waals surface area contributed by atoms with Crippen LogP contribution >= 0.6 is 0 Å². The van der Waals surface area contributed by atoms with Gasteiger partial charge in [0.25, 0.3) is 0 Å². The molecule has 0 saturated carbocycles. The van der Waals surface area contributed by atoms with Gasteiger partial charge in [0, 0.05) is 18.4 Å². The van der Waals surface area contributed by atoms with Gasteiger partial charge in [-0.25, -0.2) is 8.42 Å². The minimum atomic E-state index is -2.87. The third-order valence-electron chi connectivity index (χ3n) is 2.21. The molecule has 0 aliphatic carbocycles. The number of hydrogen-bond acceptors (Lipinski definition) is 4. The zero-order chi connectivity index (χ0) is 12.6. The monoisotopic (exact) mass is 251 g/mol. The quantitative estimate of drug-likeness (QED) is 0.626. The summed E-state index contributed by atoms with van der Waals surface area (Å²) in [6.45, 7) is 9.10. The molecule has 0 radical (unpaired) electrons. The molecule has 1 N–H and O–H groups in total. The standard InChI is InChI=1S/C11H25NO3S/c1-5-16(13,14)9-11(4)12-7-6-8-15-10(2)3/h10-12H,5-9H2,1-4H3. The van der Waals surface area contributed by atoms with E-state index < -0.39 is 9.84 Å². The first-order valence-electron chi connectivity index (χ1n) is 5.92. The Morgan fingerprint density at radius 3 is 2.38 bits per heavy atom. The van der Waals surface area contributed by atoms with Crippen LogP contribution < -0.4 is 5.32 Å². The predicted octanol–water partition coefficient (Wildman–Crippen LogP) is 1.21. The molecular weight excluding hydrogens is 226 g/mol. The molecule has 0 bridgehead atoms. The van der Waals surface area contributed by atoms with Gasteiger partial charge in [-0.3, -0.25) is 0 Å². The summed E-state index contributed by atoms with van der Waals surface area (Å²) < 4.78 is 28.0. The van der Waals surface area contributed by atoms with Gasteiger partial charge in [-0.1, -0.05) is 6.92 Å². The molecule has 4 nitrogen and oxygen atoms in total. The third kappa shape index (κ3) is 9.12. The molecule has 0 aliphatic rings. The molecule has 16 heavy (non-hydrogen) atoms. The second kappa shape index (κ2) is 8.03. The van der Waals surface area contributed by atoms with E-state index in [1.165, 1.54) is 0 Å². The Labute approximate surface area is 99.7 Å². The minimum Gasteiger partial charge on any atom is -0.379 e. The van der Waals surface area contributed by atoms with Crippen LogP contribution in [0.15, 0.2) is 0 Å². The number of rotatable bonds is 9. The highest BCUT2D eigenvalue weighted by Gasteiger charge is 2.12. The number of nitrogens with one attached hydrogen (secondary N) is 1. The Bertz CT molecular complexity index is 262. The molecule has 0 aromatic rings. The second-order valence-corrected chi connectivity index (χ2v) is 6.73. The van der Waals surface area contributed by atoms with Crippen molar-refractivity contribution in [2.45, 2.75) is 46.3 Å². The molecule has 0 aromatic heterocycles. The van der Waals surface area contributed by atoms with Gasteiger partial charge in [0.05, 0.1) is 11.9 Å². The van der Waals surface area contributed by atoms with E-state index in [2.05, 4.69) is 5.32 Å². The van der Waals surface area contributed by atoms with Gasteiger partial charge in [-0.05, 0) is 33.7 Å². The van der Waals surface area contributed by atoms with Crippen LogP contribution in [0.2, 0.25) is 0 Å². The highest BCUT2D eigenvalue weighted by atomic mass is 32.2. The Morgan fingerprint density at radius 2 is 1.88 bits per heavy atom. The fraction of sp³-hybridized carbons (Fsp3) is 1.00. The molecule has 0 fully saturated rings. The molecule has 0 spiro atoms. The van der Waals surface area contributed by atoms with E-state index in [1.54, 1.807) is 6.92 Å². The van der Waals surface area contributed by atoms with E-state index in [0.717, 1.165) is 19.6 Å². The lowest BCUT2D eigenvalue weighted by Gasteiger charge is -2.14. The van der Waals surface area contributed by atoms with Crippen LogP contribution in [-0.2, 0) is 14.6 Å². The summed E-state index contributed by atoms with van der Waals surface area (Å²) in [6, 6.07) is 0.0176. The molecule has 0 aliphatic heterocycles. The second-order valence-electron chi connectivity index (χ2n) is 4.33. The van der Waals surface area contributed by atoms with E-state index in [9.17, 15) is 8.42 Å². The molecule has 0 rings (SSSR count). The maximum absolute atomic E-state index is 11.3. The Balaban J connectivity index is 3.55. The summed E-state index contributed by atoms with van der Waals surface area (Å²) in [5.41, 5.74) is 0. The topological polar surface area (TPSA) is 55.4 Å². The van der Waals surface area contributed by atoms with Gasteiger partial charge in [0.1, 0.15) is 0 Å². The van der Waals surface area contributed by atoms with Gasteiger partial charge < -0.3 is 10.1 Å². The first-order chi connectivity index (χ1) is 7.37. The minimum absolute atomic E-state index is 0.0176. The molecule has 1 atom stereocenters. The van der Waals surface area contributed by atoms with Gasteiger partial charge in [-0.15, -0.1) is 0 Å². The normalized spacial score (nSPS) is 14.3. The van der Waals surface area contributed by atoms with Crippen LogP contribution in [0.25, 0.3) is 0 Å². The SMILES string of the molecule is CCS(=O)(=O)CC(C)NCCCOC(C)C. The van der Waals surface area contributed by atoms with Crippen molar-refractivity contribution in [2.75, 3.05) is 24.7 Å². The van der Waals surface area contributed by atoms with Crippen molar-refractivity contribution >= 4 is 9.84 Å². The van der Waals surface area contributed by atoms with Crippen LogP contribution in [0.5, 0.6) is 0 Å². The fourth-order valence-corrected chi connectivity index (χ4v) is 2.41. The lowest BCUT2D eigenvalue weighted by atomic mass is 10.3. The molecule has 0 aromatic carbocycles. The van der Waals surface area contributed by atoms with Crippen molar-refractivity contribution < 1.29 is 13.2 Å². The first-order valence-corrected chi connectivity index (χ1v) is 7.75. The van der Waals surface area contributed by atoms with Crippen molar-refractivity contribution in [1.82, 2.24) is 5.32 Å². The summed E-state index contributed by atoms with van der Waals surface area (Å²) in [4.78, 5) is 0. The van der Waals surface area contributed by atoms with Crippen molar-refractivity contribution in [3.8, 4) is 0 Å². The highest BCUT2D eigenvalue weighted by molar-refractivity contribution is 7.91. The van der Waals surface area contributed by atoms with Crippen molar-refractivity contribution in [1.29, 1.82) is 0 Å². The van der Waals surface area contributed by atoms with Crippen molar-refractivity contribution in [2.24, 2.45) is 0 Å². The average Bonchev–Trinajstić information content (AvgIpc) is 2.16. The Kier molecular flexibility index (Phi) is 7.97. The summed E-state index contributed by atoms with van der Waals surface area (Å²) in [5, 5.41) is 3.19. The smallest absolute Gasteiger partial charge is 0.151 e. The van der Waals surface area contributed by atoms with Crippen LogP contribution in [0, 0.1) is 0 Å². The molecule has 5 heteroatoms. The van der Waals surface area contributed by atoms with E-state index in [0.29, 0.717) is 0 Å². The first kappa shape index (κ1) is 15.9. The number of sulfone groups is 1. The van der Waals surface area contributed by atoms with E-state index in [1.807, 2.05) is 20.8 Å². The molecule has 1 unspecified atom stereocenters. The van der Waals surface area contributed by atoms with Gasteiger partial charge in [0.15, 0.2) is 9.84 Å². The average molecular weight is 251 g/mol. The Hall–Kier alpha value is -0.130. The molecular formula is C11H25NO3S. The predicted molar refractivity (Wildman–Crippen MR) is 67.5 cm³/mol. The lowest BCUT2D eigenvalue weighted by molar-refractivity contribution is 0.0769. The summed E-state index contributed by atoms with van der Waals surface area (Å²) >= 11 is 0. The zero-order valence-corrected chi connectivity index (χ0v) is 11.6. The van der Waals surface area contributed by atoms with Crippen LogP contribution in [0.4, 0.5) is 0 Å². The summed E-state index contributed by atoms with van der Waals surface area (Å²) in [5.74, 6) is 0.435. The summed E-state index contributed by atoms with van der Waals surface area (Å²) in [6.07, 6.45) is 1.17. The largest absolute Gasteiger partial charge is 0.379 e. The van der Waals surface area contributed by atoms with Crippen LogP contribution in [0.1, 0.15) is 34.1 Å². The molecule has 0 heterocycles. The van der Waals surface area contributed by atoms with Crippen LogP contribution in [-0.4, -0.2) is 45.2 Å². The van der Waals surface area contributed by atoms with E-state index >= 15 is 0 Å². The van der Waals surface area contributed by atoms with E-state index in [-0.39, 0.29) is 23.7 Å². The van der Waals surface area contributed by atoms with E-state index in [4.69, 9.17) is 4.74 Å². The highest BCUT2D eigenvalue weighted by Crippen LogP contribution is 1.95. The lowest BCUT2D eigenvalue weighted by Crippen LogP contribution is -2.34. The van der Waals surface area contributed by atoms with Gasteiger partial charge in [-0.2, -0.15) is 0 Å². The number of hydrogen-bond donors (Lipinski definition) is 1. The van der Waals surface area contributed by atoms with Crippen molar-refractivity contribution in [3.63, 3.8) is 0 Å². The maximum atomic E-state index is 11.3. The molecule has 0 saturated heterocycles. The zero-order valence-electron chi connectivity index (χ0n) is 10.8. The van der Waals surface area contributed by atoms with Gasteiger partial charge >= 0.3 is 0 Å². The third-order valence-corrected chi connectivity index (χ3v) is 4.10. The van der Waals surface area contributed by atoms with Crippen LogP contribution in [0.3, 0.4) is 0 Å². The molecule has 0 amide bonds. The summed E-state index contributed by atoms with van der Waals surface area (Å²) in [7, 11) is -2.87.